The minimum Gasteiger partial charge on any atom is -0.294 e. The Labute approximate surface area is 87.3 Å². The van der Waals surface area contributed by atoms with Crippen LogP contribution in [-0.4, -0.2) is 19.8 Å². The number of nitrogens with zero attached hydrogens (tertiary/aromatic N) is 3. The Bertz CT molecular complexity index is 443. The highest BCUT2D eigenvalue weighted by molar-refractivity contribution is 6.34. The van der Waals surface area contributed by atoms with E-state index >= 15 is 0 Å². The first-order valence-corrected chi connectivity index (χ1v) is 5.20. The van der Waals surface area contributed by atoms with Crippen molar-refractivity contribution in [1.29, 1.82) is 0 Å². The molecule has 2 rings (SSSR count). The van der Waals surface area contributed by atoms with E-state index in [1.165, 1.54) is 0 Å². The number of hydrogen-bond donors (Lipinski definition) is 1. The number of hydrogen-bond acceptors (Lipinski definition) is 2. The number of H-pyrrole nitrogens is 1. The topological polar surface area (TPSA) is 46.0 Å². The van der Waals surface area contributed by atoms with Gasteiger partial charge in [-0.3, -0.25) is 5.10 Å². The molecule has 2 aromatic heterocycles. The zero-order chi connectivity index (χ0) is 10.1. The van der Waals surface area contributed by atoms with Crippen LogP contribution in [0.25, 0.3) is 5.65 Å². The maximum atomic E-state index is 6.15. The molecule has 0 spiro atoms. The van der Waals surface area contributed by atoms with Gasteiger partial charge in [-0.05, 0) is 19.8 Å². The van der Waals surface area contributed by atoms with Crippen LogP contribution in [0.1, 0.15) is 31.3 Å². The van der Waals surface area contributed by atoms with Crippen LogP contribution in [0.2, 0.25) is 5.02 Å². The van der Waals surface area contributed by atoms with Crippen molar-refractivity contribution in [1.82, 2.24) is 19.8 Å². The zero-order valence-corrected chi connectivity index (χ0v) is 9.10. The third-order valence-electron chi connectivity index (χ3n) is 2.31. The van der Waals surface area contributed by atoms with Crippen LogP contribution in [0.5, 0.6) is 0 Å². The minimum absolute atomic E-state index is 0.707. The summed E-state index contributed by atoms with van der Waals surface area (Å²) in [4.78, 5) is 0. The van der Waals surface area contributed by atoms with Crippen molar-refractivity contribution in [3.8, 4) is 0 Å². The van der Waals surface area contributed by atoms with Gasteiger partial charge in [0.2, 0.25) is 0 Å². The molecule has 0 aromatic carbocycles. The minimum atomic E-state index is 0.707. The number of rotatable bonds is 3. The lowest BCUT2D eigenvalue weighted by molar-refractivity contribution is 0.755. The molecule has 2 aromatic rings. The molecule has 0 atom stereocenters. The molecule has 0 radical (unpaired) electrons. The zero-order valence-electron chi connectivity index (χ0n) is 8.34. The van der Waals surface area contributed by atoms with Crippen LogP contribution in [0.15, 0.2) is 0 Å². The van der Waals surface area contributed by atoms with Gasteiger partial charge in [-0.2, -0.15) is 0 Å². The molecule has 0 amide bonds. The predicted octanol–water partition coefficient (Wildman–Crippen LogP) is 2.36. The van der Waals surface area contributed by atoms with Crippen molar-refractivity contribution in [2.24, 2.45) is 0 Å². The lowest BCUT2D eigenvalue weighted by Gasteiger charge is -1.95. The summed E-state index contributed by atoms with van der Waals surface area (Å²) in [7, 11) is 0. The van der Waals surface area contributed by atoms with Gasteiger partial charge in [-0.25, -0.2) is 4.52 Å². The Balaban J connectivity index is 2.41. The van der Waals surface area contributed by atoms with E-state index < -0.39 is 0 Å². The van der Waals surface area contributed by atoms with Crippen molar-refractivity contribution in [3.05, 3.63) is 16.5 Å². The molecule has 5 heteroatoms. The number of aryl methyl sites for hydroxylation is 2. The normalized spacial score (nSPS) is 11.4. The van der Waals surface area contributed by atoms with Crippen LogP contribution in [-0.2, 0) is 6.42 Å². The van der Waals surface area contributed by atoms with E-state index in [9.17, 15) is 0 Å². The highest BCUT2D eigenvalue weighted by Crippen LogP contribution is 2.22. The van der Waals surface area contributed by atoms with Crippen LogP contribution in [0.4, 0.5) is 0 Å². The van der Waals surface area contributed by atoms with Gasteiger partial charge in [-0.1, -0.05) is 24.9 Å². The largest absolute Gasteiger partial charge is 0.294 e. The van der Waals surface area contributed by atoms with Crippen molar-refractivity contribution in [3.63, 3.8) is 0 Å². The van der Waals surface area contributed by atoms with Crippen LogP contribution in [0.3, 0.4) is 0 Å². The number of aromatic amines is 1. The third-order valence-corrected chi connectivity index (χ3v) is 2.71. The van der Waals surface area contributed by atoms with Gasteiger partial charge in [0.05, 0.1) is 5.69 Å². The number of aromatic nitrogens is 4. The van der Waals surface area contributed by atoms with Gasteiger partial charge in [0, 0.05) is 0 Å². The van der Waals surface area contributed by atoms with Crippen molar-refractivity contribution < 1.29 is 0 Å². The Morgan fingerprint density at radius 3 is 2.86 bits per heavy atom. The average Bonchev–Trinajstić information content (AvgIpc) is 2.67. The smallest absolute Gasteiger partial charge is 0.196 e. The number of nitrogens with one attached hydrogen (secondary N) is 1. The molecule has 14 heavy (non-hydrogen) atoms. The Morgan fingerprint density at radius 1 is 1.43 bits per heavy atom. The highest BCUT2D eigenvalue weighted by Gasteiger charge is 2.12. The third kappa shape index (κ3) is 1.39. The molecule has 2 heterocycles. The van der Waals surface area contributed by atoms with E-state index in [0.717, 1.165) is 36.4 Å². The first-order valence-electron chi connectivity index (χ1n) is 4.82. The second kappa shape index (κ2) is 3.61. The van der Waals surface area contributed by atoms with E-state index in [4.69, 9.17) is 11.6 Å². The molecule has 76 valence electrons. The van der Waals surface area contributed by atoms with Gasteiger partial charge >= 0.3 is 0 Å². The summed E-state index contributed by atoms with van der Waals surface area (Å²) < 4.78 is 1.83. The molecule has 0 bridgehead atoms. The van der Waals surface area contributed by atoms with Crippen molar-refractivity contribution in [2.45, 2.75) is 33.1 Å². The lowest BCUT2D eigenvalue weighted by atomic mass is 10.2. The summed E-state index contributed by atoms with van der Waals surface area (Å²) in [5.41, 5.74) is 1.79. The second-order valence-corrected chi connectivity index (χ2v) is 3.79. The monoisotopic (exact) mass is 212 g/mol. The molecule has 0 unspecified atom stereocenters. The van der Waals surface area contributed by atoms with Crippen LogP contribution < -0.4 is 0 Å². The first kappa shape index (κ1) is 9.52. The fourth-order valence-electron chi connectivity index (χ4n) is 1.48. The van der Waals surface area contributed by atoms with Crippen molar-refractivity contribution >= 4 is 17.2 Å². The predicted molar refractivity (Wildman–Crippen MR) is 55.7 cm³/mol. The van der Waals surface area contributed by atoms with E-state index in [1.807, 2.05) is 11.4 Å². The van der Waals surface area contributed by atoms with Gasteiger partial charge in [0.1, 0.15) is 10.8 Å². The number of unbranched alkanes of at least 4 members (excludes halogenated alkanes) is 1. The molecule has 4 nitrogen and oxygen atoms in total. The number of fused-ring (bicyclic) bond motifs is 1. The van der Waals surface area contributed by atoms with E-state index in [0.29, 0.717) is 5.02 Å². The molecule has 0 aliphatic carbocycles. The summed E-state index contributed by atoms with van der Waals surface area (Å²) in [5.74, 6) is 0.838. The lowest BCUT2D eigenvalue weighted by Crippen LogP contribution is -1.91. The fraction of sp³-hybridized carbons (Fsp3) is 0.556. The van der Waals surface area contributed by atoms with Crippen LogP contribution >= 0.6 is 11.6 Å². The Kier molecular flexibility index (Phi) is 2.46. The van der Waals surface area contributed by atoms with Gasteiger partial charge < -0.3 is 0 Å². The summed E-state index contributed by atoms with van der Waals surface area (Å²) in [6.45, 7) is 4.06. The van der Waals surface area contributed by atoms with E-state index in [2.05, 4.69) is 22.2 Å². The summed E-state index contributed by atoms with van der Waals surface area (Å²) in [6, 6.07) is 0. The maximum Gasteiger partial charge on any atom is 0.196 e. The Morgan fingerprint density at radius 2 is 2.21 bits per heavy atom. The van der Waals surface area contributed by atoms with Crippen molar-refractivity contribution in [2.75, 3.05) is 0 Å². The quantitative estimate of drug-likeness (QED) is 0.849. The molecular formula is C9H13ClN4. The first-order chi connectivity index (χ1) is 6.74. The SMILES string of the molecule is CCCCc1[nH]n2c(C)nnc2c1Cl. The Hall–Kier alpha value is -1.03. The van der Waals surface area contributed by atoms with Gasteiger partial charge in [0.25, 0.3) is 0 Å². The fourth-order valence-corrected chi connectivity index (χ4v) is 1.74. The van der Waals surface area contributed by atoms with E-state index in [-0.39, 0.29) is 0 Å². The summed E-state index contributed by atoms with van der Waals surface area (Å²) >= 11 is 6.15. The number of halogens is 1. The average molecular weight is 213 g/mol. The summed E-state index contributed by atoms with van der Waals surface area (Å²) in [6.07, 6.45) is 3.27. The summed E-state index contributed by atoms with van der Waals surface area (Å²) in [5, 5.41) is 11.8. The maximum absolute atomic E-state index is 6.15. The highest BCUT2D eigenvalue weighted by atomic mass is 35.5. The van der Waals surface area contributed by atoms with Gasteiger partial charge in [0.15, 0.2) is 5.65 Å². The molecule has 1 N–H and O–H groups in total. The van der Waals surface area contributed by atoms with Gasteiger partial charge in [-0.15, -0.1) is 10.2 Å². The molecule has 0 aliphatic rings. The standard InChI is InChI=1S/C9H13ClN4/c1-3-4-5-7-8(10)9-12-11-6(2)14(9)13-7/h13H,3-5H2,1-2H3. The molecular weight excluding hydrogens is 200 g/mol. The molecule has 0 saturated carbocycles. The molecule has 0 fully saturated rings. The second-order valence-electron chi connectivity index (χ2n) is 3.41. The van der Waals surface area contributed by atoms with E-state index in [1.54, 1.807) is 0 Å². The molecule has 0 saturated heterocycles. The molecule has 0 aliphatic heterocycles. The van der Waals surface area contributed by atoms with Crippen LogP contribution in [0, 0.1) is 6.92 Å².